The highest BCUT2D eigenvalue weighted by Crippen LogP contribution is 2.36. The fourth-order valence-corrected chi connectivity index (χ4v) is 4.87. The summed E-state index contributed by atoms with van der Waals surface area (Å²) in [5.74, 6) is 0.204. The Hall–Kier alpha value is -2.48. The first-order valence-corrected chi connectivity index (χ1v) is 10.7. The van der Waals surface area contributed by atoms with Gasteiger partial charge in [0.2, 0.25) is 5.88 Å². The summed E-state index contributed by atoms with van der Waals surface area (Å²) in [5.41, 5.74) is 0.547. The van der Waals surface area contributed by atoms with E-state index >= 15 is 0 Å². The number of fused-ring (bicyclic) bond motifs is 1. The van der Waals surface area contributed by atoms with Crippen molar-refractivity contribution in [1.29, 1.82) is 0 Å². The first kappa shape index (κ1) is 23.2. The molecule has 1 fully saturated rings. The predicted molar refractivity (Wildman–Crippen MR) is 115 cm³/mol. The van der Waals surface area contributed by atoms with E-state index in [9.17, 15) is 14.3 Å². The van der Waals surface area contributed by atoms with Crippen molar-refractivity contribution in [2.24, 2.45) is 5.92 Å². The molecule has 1 amide bonds. The first-order chi connectivity index (χ1) is 14.4. The maximum atomic E-state index is 14.6. The molecular weight excluding hydrogens is 399 g/mol. The molecule has 3 rings (SSSR count). The highest BCUT2D eigenvalue weighted by molar-refractivity contribution is 5.78. The van der Waals surface area contributed by atoms with Crippen molar-refractivity contribution in [3.05, 3.63) is 29.7 Å². The smallest absolute Gasteiger partial charge is 0.213 e. The summed E-state index contributed by atoms with van der Waals surface area (Å²) in [7, 11) is 1.53. The van der Waals surface area contributed by atoms with Gasteiger partial charge in [-0.15, -0.1) is 0 Å². The Morgan fingerprint density at radius 3 is 2.65 bits per heavy atom. The minimum absolute atomic E-state index is 0.155. The molecule has 170 valence electrons. The quantitative estimate of drug-likeness (QED) is 0.700. The number of aromatic nitrogens is 2. The molecule has 1 aliphatic rings. The number of hydrogen-bond acceptors (Lipinski definition) is 6. The molecular formula is C23H32FN4O3-. The molecule has 1 saturated heterocycles. The van der Waals surface area contributed by atoms with Gasteiger partial charge in [0.25, 0.3) is 0 Å². The third-order valence-electron chi connectivity index (χ3n) is 6.33. The third-order valence-corrected chi connectivity index (χ3v) is 6.33. The van der Waals surface area contributed by atoms with Gasteiger partial charge in [-0.25, -0.2) is 9.37 Å². The van der Waals surface area contributed by atoms with Crippen molar-refractivity contribution < 1.29 is 19.0 Å². The van der Waals surface area contributed by atoms with E-state index < -0.39 is 17.2 Å². The molecule has 7 nitrogen and oxygen atoms in total. The molecule has 0 spiro atoms. The lowest BCUT2D eigenvalue weighted by Crippen LogP contribution is -2.63. The van der Waals surface area contributed by atoms with E-state index in [0.29, 0.717) is 35.4 Å². The van der Waals surface area contributed by atoms with Crippen molar-refractivity contribution >= 4 is 17.1 Å². The fraction of sp³-hybridized carbons (Fsp3) is 0.609. The molecule has 0 unspecified atom stereocenters. The molecule has 3 heterocycles. The molecule has 8 heteroatoms. The van der Waals surface area contributed by atoms with Crippen LogP contribution >= 0.6 is 0 Å². The molecule has 1 atom stereocenters. The number of ether oxygens (including phenoxy) is 1. The second kappa shape index (κ2) is 8.57. The Bertz CT molecular complexity index is 958. The van der Waals surface area contributed by atoms with Crippen LogP contribution in [0.5, 0.6) is 5.88 Å². The fourth-order valence-electron chi connectivity index (χ4n) is 4.87. The number of likely N-dealkylation sites (tertiary alicyclic amines) is 1. The van der Waals surface area contributed by atoms with Crippen LogP contribution in [0.25, 0.3) is 11.0 Å². The van der Waals surface area contributed by atoms with E-state index in [2.05, 4.69) is 14.9 Å². The van der Waals surface area contributed by atoms with Crippen LogP contribution in [0.1, 0.15) is 46.6 Å². The Labute approximate surface area is 183 Å². The maximum Gasteiger partial charge on any atom is 0.213 e. The summed E-state index contributed by atoms with van der Waals surface area (Å²) < 4.78 is 19.8. The van der Waals surface area contributed by atoms with Crippen LogP contribution in [-0.4, -0.2) is 63.7 Å². The number of halogens is 1. The highest BCUT2D eigenvalue weighted by atomic mass is 19.1. The summed E-state index contributed by atoms with van der Waals surface area (Å²) in [6.07, 6.45) is 1.45. The first-order valence-electron chi connectivity index (χ1n) is 10.7. The summed E-state index contributed by atoms with van der Waals surface area (Å²) in [6, 6.07) is 3.49. The van der Waals surface area contributed by atoms with E-state index in [4.69, 9.17) is 4.74 Å². The standard InChI is InChI=1S/C23H33FN4O3/c1-22(2,3)28(21(29)30)23(4,5)15-9-11-27(14-15)12-10-16-17(24)13-25-18-7-8-19(31-6)26-20(16)18/h7-8,13,15H,9-12,14H2,1-6H3,(H,29,30)/p-1/t15-/m0/s1. The largest absolute Gasteiger partial charge is 0.530 e. The molecule has 0 saturated carbocycles. The van der Waals surface area contributed by atoms with Gasteiger partial charge in [0.15, 0.2) is 0 Å². The lowest BCUT2D eigenvalue weighted by atomic mass is 9.82. The topological polar surface area (TPSA) is 81.6 Å². The molecule has 0 N–H and O–H groups in total. The van der Waals surface area contributed by atoms with Crippen LogP contribution in [0.4, 0.5) is 9.18 Å². The lowest BCUT2D eigenvalue weighted by Gasteiger charge is -2.51. The number of carbonyl (C=O) groups excluding carboxylic acids is 1. The zero-order chi connectivity index (χ0) is 23.0. The molecule has 0 radical (unpaired) electrons. The predicted octanol–water partition coefficient (Wildman–Crippen LogP) is 2.86. The number of hydrogen-bond donors (Lipinski definition) is 0. The molecule has 2 aromatic rings. The summed E-state index contributed by atoms with van der Waals surface area (Å²) >= 11 is 0. The van der Waals surface area contributed by atoms with Crippen LogP contribution in [0.3, 0.4) is 0 Å². The van der Waals surface area contributed by atoms with Gasteiger partial charge < -0.3 is 24.4 Å². The van der Waals surface area contributed by atoms with Crippen molar-refractivity contribution in [3.8, 4) is 5.88 Å². The van der Waals surface area contributed by atoms with Crippen LogP contribution in [0.15, 0.2) is 18.3 Å². The number of amides is 1. The van der Waals surface area contributed by atoms with Crippen LogP contribution < -0.4 is 9.84 Å². The minimum Gasteiger partial charge on any atom is -0.530 e. The van der Waals surface area contributed by atoms with Gasteiger partial charge >= 0.3 is 0 Å². The van der Waals surface area contributed by atoms with E-state index in [-0.39, 0.29) is 11.7 Å². The van der Waals surface area contributed by atoms with Crippen molar-refractivity contribution in [3.63, 3.8) is 0 Å². The number of pyridine rings is 2. The van der Waals surface area contributed by atoms with E-state index in [0.717, 1.165) is 19.5 Å². The Kier molecular flexibility index (Phi) is 6.41. The minimum atomic E-state index is -1.15. The zero-order valence-corrected chi connectivity index (χ0v) is 19.2. The second-order valence-electron chi connectivity index (χ2n) is 9.77. The van der Waals surface area contributed by atoms with Crippen LogP contribution in [0, 0.1) is 11.7 Å². The Balaban J connectivity index is 1.74. The maximum absolute atomic E-state index is 14.6. The van der Waals surface area contributed by atoms with Gasteiger partial charge in [-0.2, -0.15) is 0 Å². The van der Waals surface area contributed by atoms with Crippen molar-refractivity contribution in [1.82, 2.24) is 19.8 Å². The highest BCUT2D eigenvalue weighted by Gasteiger charge is 2.43. The number of methoxy groups -OCH3 is 1. The monoisotopic (exact) mass is 431 g/mol. The van der Waals surface area contributed by atoms with Crippen molar-refractivity contribution in [2.45, 2.75) is 58.5 Å². The number of carboxylic acid groups (broad SMARTS) is 1. The number of carbonyl (C=O) groups is 1. The van der Waals surface area contributed by atoms with Crippen LogP contribution in [0.2, 0.25) is 0 Å². The zero-order valence-electron chi connectivity index (χ0n) is 19.2. The molecule has 31 heavy (non-hydrogen) atoms. The Morgan fingerprint density at radius 2 is 2.03 bits per heavy atom. The third kappa shape index (κ3) is 4.74. The van der Waals surface area contributed by atoms with Crippen LogP contribution in [-0.2, 0) is 6.42 Å². The van der Waals surface area contributed by atoms with Gasteiger partial charge in [0, 0.05) is 35.8 Å². The number of rotatable bonds is 6. The lowest BCUT2D eigenvalue weighted by molar-refractivity contribution is -0.279. The van der Waals surface area contributed by atoms with Crippen molar-refractivity contribution in [2.75, 3.05) is 26.7 Å². The van der Waals surface area contributed by atoms with Gasteiger partial charge in [0.1, 0.15) is 11.9 Å². The molecule has 0 aromatic carbocycles. The summed E-state index contributed by atoms with van der Waals surface area (Å²) in [6.45, 7) is 11.8. The van der Waals surface area contributed by atoms with Gasteiger partial charge in [0.05, 0.1) is 24.3 Å². The normalized spacial score (nSPS) is 17.8. The molecule has 1 aliphatic heterocycles. The SMILES string of the molecule is COc1ccc2ncc(F)c(CCN3CC[C@H](C(C)(C)N(C(=O)[O-])C(C)(C)C)C3)c2n1. The average Bonchev–Trinajstić information content (AvgIpc) is 3.15. The van der Waals surface area contributed by atoms with E-state index in [1.807, 2.05) is 34.6 Å². The summed E-state index contributed by atoms with van der Waals surface area (Å²) in [4.78, 5) is 24.1. The van der Waals surface area contributed by atoms with Gasteiger partial charge in [-0.3, -0.25) is 4.98 Å². The number of nitrogens with zero attached hydrogens (tertiary/aromatic N) is 4. The Morgan fingerprint density at radius 1 is 1.32 bits per heavy atom. The summed E-state index contributed by atoms with van der Waals surface area (Å²) in [5, 5.41) is 11.9. The molecule has 0 bridgehead atoms. The molecule has 2 aromatic heterocycles. The average molecular weight is 432 g/mol. The van der Waals surface area contributed by atoms with Gasteiger partial charge in [-0.1, -0.05) is 0 Å². The van der Waals surface area contributed by atoms with E-state index in [1.165, 1.54) is 18.2 Å². The second-order valence-corrected chi connectivity index (χ2v) is 9.77. The van der Waals surface area contributed by atoms with E-state index in [1.54, 1.807) is 12.1 Å². The molecule has 0 aliphatic carbocycles. The van der Waals surface area contributed by atoms with Gasteiger partial charge in [-0.05, 0) is 66.0 Å².